The minimum Gasteiger partial charge on any atom is -0.493 e. The Labute approximate surface area is 165 Å². The molecule has 0 unspecified atom stereocenters. The molecule has 0 atom stereocenters. The molecule has 0 saturated carbocycles. The third-order valence-electron chi connectivity index (χ3n) is 3.47. The lowest BCUT2D eigenvalue weighted by Gasteiger charge is -2.13. The van der Waals surface area contributed by atoms with Crippen molar-refractivity contribution in [3.05, 3.63) is 22.2 Å². The molecule has 0 fully saturated rings. The van der Waals surface area contributed by atoms with Gasteiger partial charge in [0.1, 0.15) is 0 Å². The minimum atomic E-state index is 0.540. The Bertz CT molecular complexity index is 565. The summed E-state index contributed by atoms with van der Waals surface area (Å²) in [6, 6.07) is 3.94. The van der Waals surface area contributed by atoms with Crippen LogP contribution in [0.15, 0.2) is 21.6 Å². The molecule has 7 heteroatoms. The number of halogens is 1. The Morgan fingerprint density at radius 1 is 1.19 bits per heavy atom. The molecule has 1 aromatic carbocycles. The topological polar surface area (TPSA) is 64.1 Å². The van der Waals surface area contributed by atoms with Gasteiger partial charge in [0.15, 0.2) is 17.5 Å². The summed E-state index contributed by atoms with van der Waals surface area (Å²) in [5.41, 5.74) is 1.03. The number of nitrogens with one attached hydrogen (secondary N) is 2. The Hall–Kier alpha value is -1.47. The van der Waals surface area contributed by atoms with Crippen molar-refractivity contribution < 1.29 is 14.2 Å². The second-order valence-electron chi connectivity index (χ2n) is 6.26. The van der Waals surface area contributed by atoms with Gasteiger partial charge in [-0.3, -0.25) is 0 Å². The van der Waals surface area contributed by atoms with Crippen LogP contribution < -0.4 is 20.1 Å². The largest absolute Gasteiger partial charge is 0.493 e. The standard InChI is InChI=1S/C19H32BrN3O3/c1-6-21-19(22-8-7-9-26-13-14(2)3)23-12-15-10-16(20)18(25-5)17(11-15)24-4/h10-11,14H,6-9,12-13H2,1-5H3,(H2,21,22,23). The Kier molecular flexibility index (Phi) is 11.1. The van der Waals surface area contributed by atoms with Gasteiger partial charge in [-0.05, 0) is 52.9 Å². The normalized spacial score (nSPS) is 11.6. The number of guanidine groups is 1. The first-order valence-corrected chi connectivity index (χ1v) is 9.81. The second kappa shape index (κ2) is 12.8. The molecule has 0 amide bonds. The summed E-state index contributed by atoms with van der Waals surface area (Å²) in [6.45, 7) is 10.1. The van der Waals surface area contributed by atoms with Crippen molar-refractivity contribution >= 4 is 21.9 Å². The van der Waals surface area contributed by atoms with Crippen LogP contribution in [0.1, 0.15) is 32.8 Å². The highest BCUT2D eigenvalue weighted by Gasteiger charge is 2.10. The molecule has 0 bridgehead atoms. The van der Waals surface area contributed by atoms with Crippen LogP contribution in [0.4, 0.5) is 0 Å². The van der Waals surface area contributed by atoms with Crippen LogP contribution in [0, 0.1) is 5.92 Å². The molecule has 0 heterocycles. The van der Waals surface area contributed by atoms with Crippen molar-refractivity contribution in [1.29, 1.82) is 0 Å². The van der Waals surface area contributed by atoms with Gasteiger partial charge >= 0.3 is 0 Å². The molecule has 0 aliphatic rings. The van der Waals surface area contributed by atoms with E-state index in [1.54, 1.807) is 14.2 Å². The molecule has 1 aromatic rings. The number of nitrogens with zero attached hydrogens (tertiary/aromatic N) is 1. The molecule has 2 N–H and O–H groups in total. The van der Waals surface area contributed by atoms with E-state index in [4.69, 9.17) is 14.2 Å². The van der Waals surface area contributed by atoms with Crippen molar-refractivity contribution in [1.82, 2.24) is 10.6 Å². The lowest BCUT2D eigenvalue weighted by Crippen LogP contribution is -2.38. The van der Waals surface area contributed by atoms with Crippen LogP contribution in [0.25, 0.3) is 0 Å². The highest BCUT2D eigenvalue weighted by atomic mass is 79.9. The van der Waals surface area contributed by atoms with Crippen molar-refractivity contribution in [2.45, 2.75) is 33.7 Å². The summed E-state index contributed by atoms with van der Waals surface area (Å²) in [7, 11) is 3.25. The third-order valence-corrected chi connectivity index (χ3v) is 4.06. The first kappa shape index (κ1) is 22.6. The van der Waals surface area contributed by atoms with E-state index >= 15 is 0 Å². The average molecular weight is 430 g/mol. The smallest absolute Gasteiger partial charge is 0.191 e. The number of hydrogen-bond donors (Lipinski definition) is 2. The monoisotopic (exact) mass is 429 g/mol. The molecule has 6 nitrogen and oxygen atoms in total. The number of aliphatic imine (C=N–C) groups is 1. The van der Waals surface area contributed by atoms with E-state index in [-0.39, 0.29) is 0 Å². The molecule has 0 saturated heterocycles. The number of rotatable bonds is 11. The molecular weight excluding hydrogens is 398 g/mol. The average Bonchev–Trinajstić information content (AvgIpc) is 2.61. The second-order valence-corrected chi connectivity index (χ2v) is 7.11. The summed E-state index contributed by atoms with van der Waals surface area (Å²) < 4.78 is 17.2. The lowest BCUT2D eigenvalue weighted by atomic mass is 10.2. The van der Waals surface area contributed by atoms with E-state index in [0.29, 0.717) is 24.0 Å². The zero-order chi connectivity index (χ0) is 19.4. The molecule has 1 rings (SSSR count). The Balaban J connectivity index is 2.59. The van der Waals surface area contributed by atoms with Crippen molar-refractivity contribution in [2.24, 2.45) is 10.9 Å². The predicted octanol–water partition coefficient (Wildman–Crippen LogP) is 3.58. The summed E-state index contributed by atoms with van der Waals surface area (Å²) >= 11 is 3.51. The fraction of sp³-hybridized carbons (Fsp3) is 0.632. The SMILES string of the molecule is CCNC(=NCc1cc(Br)c(OC)c(OC)c1)NCCCOCC(C)C. The molecule has 148 valence electrons. The maximum atomic E-state index is 5.60. The molecule has 0 aliphatic heterocycles. The molecule has 0 aliphatic carbocycles. The quantitative estimate of drug-likeness (QED) is 0.319. The molecular formula is C19H32BrN3O3. The minimum absolute atomic E-state index is 0.540. The zero-order valence-electron chi connectivity index (χ0n) is 16.5. The molecule has 0 radical (unpaired) electrons. The van der Waals surface area contributed by atoms with Gasteiger partial charge in [0.05, 0.1) is 25.2 Å². The summed E-state index contributed by atoms with van der Waals surface area (Å²) in [5, 5.41) is 6.59. The van der Waals surface area contributed by atoms with Crippen LogP contribution in [-0.2, 0) is 11.3 Å². The molecule has 0 aromatic heterocycles. The molecule has 26 heavy (non-hydrogen) atoms. The highest BCUT2D eigenvalue weighted by Crippen LogP contribution is 2.36. The van der Waals surface area contributed by atoms with E-state index in [1.165, 1.54) is 0 Å². The number of hydrogen-bond acceptors (Lipinski definition) is 4. The number of methoxy groups -OCH3 is 2. The maximum absolute atomic E-state index is 5.60. The van der Waals surface area contributed by atoms with Gasteiger partial charge in [-0.25, -0.2) is 4.99 Å². The fourth-order valence-electron chi connectivity index (χ4n) is 2.27. The van der Waals surface area contributed by atoms with E-state index < -0.39 is 0 Å². The van der Waals surface area contributed by atoms with Crippen LogP contribution in [-0.4, -0.2) is 46.5 Å². The third kappa shape index (κ3) is 8.27. The van der Waals surface area contributed by atoms with Crippen molar-refractivity contribution in [3.8, 4) is 11.5 Å². The Morgan fingerprint density at radius 2 is 1.96 bits per heavy atom. The van der Waals surface area contributed by atoms with Crippen molar-refractivity contribution in [3.63, 3.8) is 0 Å². The van der Waals surface area contributed by atoms with E-state index in [0.717, 1.165) is 48.7 Å². The first-order valence-electron chi connectivity index (χ1n) is 9.02. The van der Waals surface area contributed by atoms with Crippen LogP contribution in [0.2, 0.25) is 0 Å². The van der Waals surface area contributed by atoms with Crippen LogP contribution >= 0.6 is 15.9 Å². The lowest BCUT2D eigenvalue weighted by molar-refractivity contribution is 0.108. The van der Waals surface area contributed by atoms with Gasteiger partial charge in [-0.15, -0.1) is 0 Å². The maximum Gasteiger partial charge on any atom is 0.191 e. The van der Waals surface area contributed by atoms with Crippen LogP contribution in [0.5, 0.6) is 11.5 Å². The number of ether oxygens (including phenoxy) is 3. The number of benzene rings is 1. The van der Waals surface area contributed by atoms with E-state index in [1.807, 2.05) is 12.1 Å². The Morgan fingerprint density at radius 3 is 2.58 bits per heavy atom. The van der Waals surface area contributed by atoms with Gasteiger partial charge in [0.25, 0.3) is 0 Å². The summed E-state index contributed by atoms with van der Waals surface area (Å²) in [5.74, 6) is 2.74. The van der Waals surface area contributed by atoms with Gasteiger partial charge in [-0.1, -0.05) is 13.8 Å². The summed E-state index contributed by atoms with van der Waals surface area (Å²) in [4.78, 5) is 4.64. The van der Waals surface area contributed by atoms with Gasteiger partial charge in [-0.2, -0.15) is 0 Å². The van der Waals surface area contributed by atoms with Crippen LogP contribution in [0.3, 0.4) is 0 Å². The highest BCUT2D eigenvalue weighted by molar-refractivity contribution is 9.10. The van der Waals surface area contributed by atoms with E-state index in [9.17, 15) is 0 Å². The first-order chi connectivity index (χ1) is 12.5. The van der Waals surface area contributed by atoms with Gasteiger partial charge in [0.2, 0.25) is 0 Å². The molecule has 0 spiro atoms. The predicted molar refractivity (Wildman–Crippen MR) is 110 cm³/mol. The zero-order valence-corrected chi connectivity index (χ0v) is 18.1. The fourth-order valence-corrected chi connectivity index (χ4v) is 2.93. The summed E-state index contributed by atoms with van der Waals surface area (Å²) in [6.07, 6.45) is 0.943. The van der Waals surface area contributed by atoms with Crippen molar-refractivity contribution in [2.75, 3.05) is 40.5 Å². The van der Waals surface area contributed by atoms with Gasteiger partial charge in [0, 0.05) is 26.3 Å². The van der Waals surface area contributed by atoms with Gasteiger partial charge < -0.3 is 24.8 Å². The van der Waals surface area contributed by atoms with E-state index in [2.05, 4.69) is 52.3 Å².